The largest absolute Gasteiger partial charge is 0.482 e. The van der Waals surface area contributed by atoms with Gasteiger partial charge < -0.3 is 10.1 Å². The molecule has 0 saturated carbocycles. The van der Waals surface area contributed by atoms with E-state index in [4.69, 9.17) is 16.3 Å². The van der Waals surface area contributed by atoms with Crippen molar-refractivity contribution in [2.45, 2.75) is 13.8 Å². The van der Waals surface area contributed by atoms with Crippen LogP contribution in [0, 0.1) is 13.8 Å². The van der Waals surface area contributed by atoms with Gasteiger partial charge in [-0.15, -0.1) is 0 Å². The van der Waals surface area contributed by atoms with Crippen LogP contribution in [0.25, 0.3) is 0 Å². The summed E-state index contributed by atoms with van der Waals surface area (Å²) in [5.41, 5.74) is 2.71. The second-order valence-electron chi connectivity index (χ2n) is 4.74. The van der Waals surface area contributed by atoms with Crippen molar-refractivity contribution < 1.29 is 9.53 Å². The molecular formula is C16H15BrClNO2. The summed E-state index contributed by atoms with van der Waals surface area (Å²) in [4.78, 5) is 11.9. The lowest BCUT2D eigenvalue weighted by atomic mass is 10.2. The van der Waals surface area contributed by atoms with E-state index in [1.165, 1.54) is 0 Å². The third-order valence-corrected chi connectivity index (χ3v) is 3.58. The van der Waals surface area contributed by atoms with Crippen LogP contribution in [0.3, 0.4) is 0 Å². The number of hydrogen-bond acceptors (Lipinski definition) is 2. The number of carbonyl (C=O) groups is 1. The summed E-state index contributed by atoms with van der Waals surface area (Å²) in [6.45, 7) is 3.76. The van der Waals surface area contributed by atoms with Crippen molar-refractivity contribution in [3.8, 4) is 5.75 Å². The normalized spacial score (nSPS) is 10.3. The minimum Gasteiger partial charge on any atom is -0.482 e. The molecule has 3 nitrogen and oxygen atoms in total. The first kappa shape index (κ1) is 15.9. The Morgan fingerprint density at radius 2 is 2.05 bits per heavy atom. The van der Waals surface area contributed by atoms with E-state index >= 15 is 0 Å². The van der Waals surface area contributed by atoms with E-state index in [0.717, 1.165) is 21.3 Å². The maximum absolute atomic E-state index is 11.9. The van der Waals surface area contributed by atoms with Gasteiger partial charge in [-0.1, -0.05) is 39.7 Å². The molecule has 5 heteroatoms. The smallest absolute Gasteiger partial charge is 0.262 e. The van der Waals surface area contributed by atoms with Crippen molar-refractivity contribution >= 4 is 39.1 Å². The Bertz CT molecular complexity index is 650. The molecular weight excluding hydrogens is 354 g/mol. The predicted octanol–water partition coefficient (Wildman–Crippen LogP) is 4.74. The number of nitrogens with one attached hydrogen (secondary N) is 1. The number of benzene rings is 2. The number of halogens is 2. The van der Waals surface area contributed by atoms with E-state index in [0.29, 0.717) is 10.8 Å². The second-order valence-corrected chi connectivity index (χ2v) is 6.06. The Balaban J connectivity index is 1.99. The van der Waals surface area contributed by atoms with Crippen LogP contribution in [-0.4, -0.2) is 12.5 Å². The van der Waals surface area contributed by atoms with E-state index in [2.05, 4.69) is 21.2 Å². The first-order valence-electron chi connectivity index (χ1n) is 6.40. The minimum atomic E-state index is -0.223. The highest BCUT2D eigenvalue weighted by Crippen LogP contribution is 2.31. The fourth-order valence-electron chi connectivity index (χ4n) is 1.93. The van der Waals surface area contributed by atoms with Crippen LogP contribution in [-0.2, 0) is 4.79 Å². The molecule has 2 aromatic carbocycles. The third-order valence-electron chi connectivity index (χ3n) is 2.84. The van der Waals surface area contributed by atoms with Gasteiger partial charge in [-0.3, -0.25) is 4.79 Å². The highest BCUT2D eigenvalue weighted by Gasteiger charge is 2.10. The molecule has 0 bridgehead atoms. The van der Waals surface area contributed by atoms with E-state index in [-0.39, 0.29) is 12.5 Å². The van der Waals surface area contributed by atoms with Crippen LogP contribution < -0.4 is 10.1 Å². The van der Waals surface area contributed by atoms with Crippen molar-refractivity contribution in [1.29, 1.82) is 0 Å². The first-order valence-corrected chi connectivity index (χ1v) is 7.58. The van der Waals surface area contributed by atoms with Crippen molar-refractivity contribution in [1.82, 2.24) is 0 Å². The molecule has 1 amide bonds. The van der Waals surface area contributed by atoms with E-state index < -0.39 is 0 Å². The van der Waals surface area contributed by atoms with Crippen molar-refractivity contribution in [3.63, 3.8) is 0 Å². The lowest BCUT2D eigenvalue weighted by Crippen LogP contribution is -2.20. The fraction of sp³-hybridized carbons (Fsp3) is 0.188. The molecule has 2 rings (SSSR count). The number of ether oxygens (including phenoxy) is 1. The molecule has 0 aliphatic rings. The van der Waals surface area contributed by atoms with Crippen LogP contribution in [0.2, 0.25) is 5.02 Å². The molecule has 0 aliphatic carbocycles. The topological polar surface area (TPSA) is 38.3 Å². The summed E-state index contributed by atoms with van der Waals surface area (Å²) in [6.07, 6.45) is 0. The van der Waals surface area contributed by atoms with Crippen molar-refractivity contribution in [3.05, 3.63) is 57.0 Å². The van der Waals surface area contributed by atoms with Gasteiger partial charge in [-0.2, -0.15) is 0 Å². The lowest BCUT2D eigenvalue weighted by Gasteiger charge is -2.12. The molecule has 0 unspecified atom stereocenters. The summed E-state index contributed by atoms with van der Waals surface area (Å²) in [7, 11) is 0. The number of anilines is 1. The van der Waals surface area contributed by atoms with Crippen LogP contribution in [0.1, 0.15) is 11.1 Å². The number of amides is 1. The zero-order valence-corrected chi connectivity index (χ0v) is 14.1. The Labute approximate surface area is 137 Å². The molecule has 21 heavy (non-hydrogen) atoms. The summed E-state index contributed by atoms with van der Waals surface area (Å²) in [5.74, 6) is 0.304. The van der Waals surface area contributed by atoms with Gasteiger partial charge in [0.25, 0.3) is 5.91 Å². The molecule has 0 fully saturated rings. The highest BCUT2D eigenvalue weighted by atomic mass is 79.9. The lowest BCUT2D eigenvalue weighted by molar-refractivity contribution is -0.118. The molecule has 0 radical (unpaired) electrons. The van der Waals surface area contributed by atoms with E-state index in [1.54, 1.807) is 6.07 Å². The standard InChI is InChI=1S/C16H15BrClNO2/c1-10-4-3-5-13(6-10)19-15(20)9-21-16-11(2)7-12(17)8-14(16)18/h3-8H,9H2,1-2H3,(H,19,20). The van der Waals surface area contributed by atoms with Gasteiger partial charge in [0.2, 0.25) is 0 Å². The SMILES string of the molecule is Cc1cccc(NC(=O)COc2c(C)cc(Br)cc2Cl)c1. The van der Waals surface area contributed by atoms with Gasteiger partial charge in [0.1, 0.15) is 5.75 Å². The van der Waals surface area contributed by atoms with Crippen molar-refractivity contribution in [2.24, 2.45) is 0 Å². The van der Waals surface area contributed by atoms with E-state index in [1.807, 2.05) is 44.2 Å². The summed E-state index contributed by atoms with van der Waals surface area (Å²) in [6, 6.07) is 11.2. The minimum absolute atomic E-state index is 0.0872. The number of rotatable bonds is 4. The average Bonchev–Trinajstić information content (AvgIpc) is 2.37. The van der Waals surface area contributed by atoms with Gasteiger partial charge >= 0.3 is 0 Å². The van der Waals surface area contributed by atoms with Crippen LogP contribution in [0.4, 0.5) is 5.69 Å². The number of hydrogen-bond donors (Lipinski definition) is 1. The number of carbonyl (C=O) groups excluding carboxylic acids is 1. The molecule has 110 valence electrons. The Morgan fingerprint density at radius 3 is 2.71 bits per heavy atom. The van der Waals surface area contributed by atoms with Gasteiger partial charge in [-0.05, 0) is 49.2 Å². The monoisotopic (exact) mass is 367 g/mol. The molecule has 0 aliphatic heterocycles. The van der Waals surface area contributed by atoms with Crippen LogP contribution in [0.5, 0.6) is 5.75 Å². The Kier molecular flexibility index (Phi) is 5.26. The third kappa shape index (κ3) is 4.48. The molecule has 2 aromatic rings. The number of aryl methyl sites for hydroxylation is 2. The zero-order valence-electron chi connectivity index (χ0n) is 11.7. The predicted molar refractivity (Wildman–Crippen MR) is 89.2 cm³/mol. The Hall–Kier alpha value is -1.52. The van der Waals surface area contributed by atoms with Gasteiger partial charge in [-0.25, -0.2) is 0 Å². The van der Waals surface area contributed by atoms with Gasteiger partial charge in [0.15, 0.2) is 6.61 Å². The first-order chi connectivity index (χ1) is 9.95. The quantitative estimate of drug-likeness (QED) is 0.846. The second kappa shape index (κ2) is 6.96. The summed E-state index contributed by atoms with van der Waals surface area (Å²) < 4.78 is 6.40. The molecule has 0 atom stereocenters. The Morgan fingerprint density at radius 1 is 1.29 bits per heavy atom. The highest BCUT2D eigenvalue weighted by molar-refractivity contribution is 9.10. The van der Waals surface area contributed by atoms with Gasteiger partial charge in [0, 0.05) is 10.2 Å². The molecule has 0 aromatic heterocycles. The van der Waals surface area contributed by atoms with Crippen LogP contribution in [0.15, 0.2) is 40.9 Å². The average molecular weight is 369 g/mol. The van der Waals surface area contributed by atoms with Crippen LogP contribution >= 0.6 is 27.5 Å². The van der Waals surface area contributed by atoms with Gasteiger partial charge in [0.05, 0.1) is 5.02 Å². The molecule has 0 saturated heterocycles. The summed E-state index contributed by atoms with van der Waals surface area (Å²) >= 11 is 9.47. The maximum Gasteiger partial charge on any atom is 0.262 e. The molecule has 0 spiro atoms. The maximum atomic E-state index is 11.9. The zero-order chi connectivity index (χ0) is 15.4. The molecule has 1 N–H and O–H groups in total. The van der Waals surface area contributed by atoms with Crippen molar-refractivity contribution in [2.75, 3.05) is 11.9 Å². The summed E-state index contributed by atoms with van der Waals surface area (Å²) in [5, 5.41) is 3.26. The molecule has 0 heterocycles. The van der Waals surface area contributed by atoms with E-state index in [9.17, 15) is 4.79 Å². The fourth-order valence-corrected chi connectivity index (χ4v) is 2.95.